The first-order chi connectivity index (χ1) is 4.66. The van der Waals surface area contributed by atoms with Crippen LogP contribution in [0.3, 0.4) is 0 Å². The third-order valence-electron chi connectivity index (χ3n) is 0.810. The second kappa shape index (κ2) is 4.85. The predicted molar refractivity (Wildman–Crippen MR) is 39.8 cm³/mol. The van der Waals surface area contributed by atoms with Gasteiger partial charge in [-0.1, -0.05) is 12.2 Å². The van der Waals surface area contributed by atoms with Crippen LogP contribution in [0.4, 0.5) is 4.79 Å². The summed E-state index contributed by atoms with van der Waals surface area (Å²) in [6, 6.07) is 0. The van der Waals surface area contributed by atoms with Crippen molar-refractivity contribution in [1.29, 1.82) is 0 Å². The van der Waals surface area contributed by atoms with E-state index in [1.807, 2.05) is 6.92 Å². The van der Waals surface area contributed by atoms with Crippen LogP contribution in [-0.2, 0) is 4.74 Å². The molecule has 0 spiro atoms. The number of amides is 1. The third-order valence-corrected chi connectivity index (χ3v) is 0.810. The van der Waals surface area contributed by atoms with E-state index >= 15 is 0 Å². The van der Waals surface area contributed by atoms with Gasteiger partial charge in [0.05, 0.1) is 6.61 Å². The lowest BCUT2D eigenvalue weighted by Crippen LogP contribution is -2.25. The van der Waals surface area contributed by atoms with Crippen LogP contribution in [0.25, 0.3) is 0 Å². The zero-order valence-corrected chi connectivity index (χ0v) is 6.44. The molecule has 58 valence electrons. The van der Waals surface area contributed by atoms with Crippen LogP contribution in [0.1, 0.15) is 13.8 Å². The molecule has 0 radical (unpaired) electrons. The molecule has 0 heterocycles. The minimum Gasteiger partial charge on any atom is -0.450 e. The predicted octanol–water partition coefficient (Wildman–Crippen LogP) is 1.31. The van der Waals surface area contributed by atoms with Gasteiger partial charge in [-0.25, -0.2) is 4.79 Å². The highest BCUT2D eigenvalue weighted by atomic mass is 16.5. The topological polar surface area (TPSA) is 38.3 Å². The molecule has 10 heavy (non-hydrogen) atoms. The first kappa shape index (κ1) is 9.01. The summed E-state index contributed by atoms with van der Waals surface area (Å²) in [6.45, 7) is 8.11. The van der Waals surface area contributed by atoms with E-state index in [2.05, 4.69) is 16.6 Å². The van der Waals surface area contributed by atoms with Crippen LogP contribution in [0, 0.1) is 0 Å². The van der Waals surface area contributed by atoms with Gasteiger partial charge in [-0.3, -0.25) is 0 Å². The van der Waals surface area contributed by atoms with E-state index in [0.717, 1.165) is 5.57 Å². The molecule has 0 aromatic carbocycles. The fourth-order valence-electron chi connectivity index (χ4n) is 0.405. The number of hydrogen-bond donors (Lipinski definition) is 1. The Morgan fingerprint density at radius 1 is 1.70 bits per heavy atom. The third kappa shape index (κ3) is 5.15. The summed E-state index contributed by atoms with van der Waals surface area (Å²) >= 11 is 0. The number of carbonyl (C=O) groups is 1. The van der Waals surface area contributed by atoms with Gasteiger partial charge in [0, 0.05) is 6.54 Å². The highest BCUT2D eigenvalue weighted by molar-refractivity contribution is 5.67. The summed E-state index contributed by atoms with van der Waals surface area (Å²) in [5.41, 5.74) is 0.910. The number of hydrogen-bond acceptors (Lipinski definition) is 2. The van der Waals surface area contributed by atoms with Crippen molar-refractivity contribution in [1.82, 2.24) is 5.32 Å². The van der Waals surface area contributed by atoms with Gasteiger partial charge in [0.2, 0.25) is 0 Å². The van der Waals surface area contributed by atoms with E-state index in [1.165, 1.54) is 0 Å². The van der Waals surface area contributed by atoms with Crippen molar-refractivity contribution < 1.29 is 9.53 Å². The Labute approximate surface area is 61.1 Å². The van der Waals surface area contributed by atoms with E-state index in [4.69, 9.17) is 0 Å². The first-order valence-electron chi connectivity index (χ1n) is 3.21. The van der Waals surface area contributed by atoms with Gasteiger partial charge in [0.25, 0.3) is 0 Å². The Morgan fingerprint density at radius 2 is 2.30 bits per heavy atom. The van der Waals surface area contributed by atoms with Crippen molar-refractivity contribution in [3.05, 3.63) is 12.2 Å². The normalized spacial score (nSPS) is 8.60. The molecular weight excluding hydrogens is 130 g/mol. The van der Waals surface area contributed by atoms with Gasteiger partial charge in [-0.2, -0.15) is 0 Å². The molecule has 0 aromatic rings. The lowest BCUT2D eigenvalue weighted by atomic mass is 10.4. The summed E-state index contributed by atoms with van der Waals surface area (Å²) in [5, 5.41) is 2.52. The smallest absolute Gasteiger partial charge is 0.407 e. The van der Waals surface area contributed by atoms with Gasteiger partial charge in [0.1, 0.15) is 0 Å². The van der Waals surface area contributed by atoms with Crippen LogP contribution < -0.4 is 5.32 Å². The van der Waals surface area contributed by atoms with Crippen LogP contribution in [-0.4, -0.2) is 19.2 Å². The molecule has 0 saturated heterocycles. The number of nitrogens with one attached hydrogen (secondary N) is 1. The van der Waals surface area contributed by atoms with E-state index in [1.54, 1.807) is 6.92 Å². The molecule has 0 bridgehead atoms. The maximum absolute atomic E-state index is 10.6. The minimum absolute atomic E-state index is 0.384. The van der Waals surface area contributed by atoms with Crippen molar-refractivity contribution in [3.8, 4) is 0 Å². The average Bonchev–Trinajstić information content (AvgIpc) is 1.85. The molecule has 0 aliphatic carbocycles. The first-order valence-corrected chi connectivity index (χ1v) is 3.21. The number of carbonyl (C=O) groups excluding carboxylic acids is 1. The van der Waals surface area contributed by atoms with Gasteiger partial charge in [-0.05, 0) is 13.8 Å². The van der Waals surface area contributed by atoms with Gasteiger partial charge in [-0.15, -0.1) is 0 Å². The summed E-state index contributed by atoms with van der Waals surface area (Å²) in [6.07, 6.45) is -0.384. The molecule has 0 aliphatic heterocycles. The summed E-state index contributed by atoms with van der Waals surface area (Å²) in [7, 11) is 0. The molecular formula is C7H13NO2. The van der Waals surface area contributed by atoms with Gasteiger partial charge < -0.3 is 10.1 Å². The lowest BCUT2D eigenvalue weighted by Gasteiger charge is -2.03. The Bertz CT molecular complexity index is 132. The second-order valence-electron chi connectivity index (χ2n) is 2.03. The Hall–Kier alpha value is -0.990. The molecule has 0 fully saturated rings. The van der Waals surface area contributed by atoms with Gasteiger partial charge in [0.15, 0.2) is 0 Å². The Morgan fingerprint density at radius 3 is 2.70 bits per heavy atom. The molecule has 0 saturated carbocycles. The van der Waals surface area contributed by atoms with E-state index < -0.39 is 0 Å². The maximum atomic E-state index is 10.6. The van der Waals surface area contributed by atoms with E-state index in [-0.39, 0.29) is 6.09 Å². The second-order valence-corrected chi connectivity index (χ2v) is 2.03. The van der Waals surface area contributed by atoms with Crippen LogP contribution in [0.5, 0.6) is 0 Å². The fourth-order valence-corrected chi connectivity index (χ4v) is 0.405. The molecule has 3 heteroatoms. The zero-order chi connectivity index (χ0) is 7.98. The van der Waals surface area contributed by atoms with Crippen LogP contribution in [0.2, 0.25) is 0 Å². The molecule has 0 rings (SSSR count). The van der Waals surface area contributed by atoms with Crippen LogP contribution >= 0.6 is 0 Å². The van der Waals surface area contributed by atoms with E-state index in [0.29, 0.717) is 13.2 Å². The number of rotatable bonds is 3. The molecule has 0 aliphatic rings. The largest absolute Gasteiger partial charge is 0.450 e. The fraction of sp³-hybridized carbons (Fsp3) is 0.571. The molecule has 3 nitrogen and oxygen atoms in total. The summed E-state index contributed by atoms with van der Waals surface area (Å²) < 4.78 is 4.60. The maximum Gasteiger partial charge on any atom is 0.407 e. The van der Waals surface area contributed by atoms with Gasteiger partial charge >= 0.3 is 6.09 Å². The standard InChI is InChI=1S/C7H13NO2/c1-4-10-7(9)8-5-6(2)3/h2,4-5H2,1,3H3,(H,8,9). The minimum atomic E-state index is -0.384. The van der Waals surface area contributed by atoms with Crippen molar-refractivity contribution in [2.75, 3.05) is 13.2 Å². The quantitative estimate of drug-likeness (QED) is 0.605. The highest BCUT2D eigenvalue weighted by Crippen LogP contribution is 1.82. The SMILES string of the molecule is C=C(C)CNC(=O)OCC. The lowest BCUT2D eigenvalue weighted by molar-refractivity contribution is 0.153. The Balaban J connectivity index is 3.30. The highest BCUT2D eigenvalue weighted by Gasteiger charge is 1.96. The van der Waals surface area contributed by atoms with Crippen molar-refractivity contribution in [2.45, 2.75) is 13.8 Å². The molecule has 0 unspecified atom stereocenters. The van der Waals surface area contributed by atoms with E-state index in [9.17, 15) is 4.79 Å². The number of ether oxygens (including phenoxy) is 1. The monoisotopic (exact) mass is 143 g/mol. The molecule has 1 N–H and O–H groups in total. The molecule has 1 amide bonds. The Kier molecular flexibility index (Phi) is 4.37. The molecule has 0 aromatic heterocycles. The van der Waals surface area contributed by atoms with Crippen molar-refractivity contribution in [3.63, 3.8) is 0 Å². The van der Waals surface area contributed by atoms with Crippen LogP contribution in [0.15, 0.2) is 12.2 Å². The molecule has 0 atom stereocenters. The van der Waals surface area contributed by atoms with Crippen molar-refractivity contribution >= 4 is 6.09 Å². The average molecular weight is 143 g/mol. The zero-order valence-electron chi connectivity index (χ0n) is 6.44. The summed E-state index contributed by atoms with van der Waals surface area (Å²) in [4.78, 5) is 10.6. The summed E-state index contributed by atoms with van der Waals surface area (Å²) in [5.74, 6) is 0. The number of alkyl carbamates (subject to hydrolysis) is 1. The van der Waals surface area contributed by atoms with Crippen molar-refractivity contribution in [2.24, 2.45) is 0 Å².